The van der Waals surface area contributed by atoms with Crippen LogP contribution in [0, 0.1) is 23.2 Å². The van der Waals surface area contributed by atoms with Crippen LogP contribution in [0.5, 0.6) is 0 Å². The molecule has 10 heavy (non-hydrogen) atoms. The van der Waals surface area contributed by atoms with E-state index in [1.807, 2.05) is 0 Å². The van der Waals surface area contributed by atoms with Crippen LogP contribution in [0.15, 0.2) is 12.1 Å². The second kappa shape index (κ2) is 2.68. The molecule has 0 heterocycles. The van der Waals surface area contributed by atoms with Crippen molar-refractivity contribution >= 4 is 11.6 Å². The lowest BCUT2D eigenvalue weighted by atomic mass is 10.2. The Morgan fingerprint density at radius 1 is 1.70 bits per heavy atom. The van der Waals surface area contributed by atoms with Gasteiger partial charge in [-0.2, -0.15) is 5.26 Å². The maximum Gasteiger partial charge on any atom is 0.148 e. The van der Waals surface area contributed by atoms with E-state index in [2.05, 4.69) is 6.07 Å². The number of nitriles is 1. The van der Waals surface area contributed by atoms with Crippen molar-refractivity contribution in [3.8, 4) is 6.07 Å². The van der Waals surface area contributed by atoms with Gasteiger partial charge in [-0.3, -0.25) is 0 Å². The van der Waals surface area contributed by atoms with Crippen LogP contribution in [-0.4, -0.2) is 0 Å². The van der Waals surface area contributed by atoms with Crippen molar-refractivity contribution in [1.82, 2.24) is 0 Å². The maximum absolute atomic E-state index is 12.4. The molecule has 1 rings (SSSR count). The molecule has 0 unspecified atom stereocenters. The summed E-state index contributed by atoms with van der Waals surface area (Å²) >= 11 is 5.45. The fourth-order valence-electron chi connectivity index (χ4n) is 0.534. The van der Waals surface area contributed by atoms with Crippen molar-refractivity contribution in [3.05, 3.63) is 34.6 Å². The SMILES string of the molecule is N#Cc1cc(Cl)c[c]c1F. The van der Waals surface area contributed by atoms with E-state index in [0.29, 0.717) is 5.02 Å². The zero-order valence-electron chi connectivity index (χ0n) is 4.86. The van der Waals surface area contributed by atoms with Gasteiger partial charge in [-0.1, -0.05) is 11.6 Å². The highest BCUT2D eigenvalue weighted by molar-refractivity contribution is 6.30. The lowest BCUT2D eigenvalue weighted by molar-refractivity contribution is 0.621. The van der Waals surface area contributed by atoms with Crippen molar-refractivity contribution < 1.29 is 4.39 Å². The number of hydrogen-bond acceptors (Lipinski definition) is 1. The lowest BCUT2D eigenvalue weighted by Crippen LogP contribution is -1.81. The van der Waals surface area contributed by atoms with Gasteiger partial charge in [-0.25, -0.2) is 4.39 Å². The number of rotatable bonds is 0. The summed E-state index contributed by atoms with van der Waals surface area (Å²) in [6.45, 7) is 0. The van der Waals surface area contributed by atoms with Crippen LogP contribution in [0.4, 0.5) is 4.39 Å². The molecule has 0 saturated carbocycles. The second-order valence-electron chi connectivity index (χ2n) is 1.66. The first-order chi connectivity index (χ1) is 4.74. The molecule has 0 atom stereocenters. The van der Waals surface area contributed by atoms with Crippen LogP contribution < -0.4 is 0 Å². The lowest BCUT2D eigenvalue weighted by Gasteiger charge is -1.90. The largest absolute Gasteiger partial charge is 0.205 e. The molecular weight excluding hydrogens is 153 g/mol. The van der Waals surface area contributed by atoms with Crippen LogP contribution >= 0.6 is 11.6 Å². The summed E-state index contributed by atoms with van der Waals surface area (Å²) in [7, 11) is 0. The zero-order chi connectivity index (χ0) is 7.56. The van der Waals surface area contributed by atoms with E-state index in [4.69, 9.17) is 16.9 Å². The third kappa shape index (κ3) is 1.26. The molecule has 0 N–H and O–H groups in total. The molecule has 0 fully saturated rings. The number of halogens is 2. The first-order valence-electron chi connectivity index (χ1n) is 2.51. The summed E-state index contributed by atoms with van der Waals surface area (Å²) in [5.74, 6) is -0.660. The van der Waals surface area contributed by atoms with Crippen LogP contribution in [0.25, 0.3) is 0 Å². The summed E-state index contributed by atoms with van der Waals surface area (Å²) in [5, 5.41) is 8.59. The van der Waals surface area contributed by atoms with Gasteiger partial charge in [-0.05, 0) is 12.1 Å². The Labute approximate surface area is 62.7 Å². The van der Waals surface area contributed by atoms with Gasteiger partial charge in [0.05, 0.1) is 5.56 Å². The Kier molecular flexibility index (Phi) is 1.88. The molecule has 0 amide bonds. The highest BCUT2D eigenvalue weighted by Gasteiger charge is 1.99. The summed E-state index contributed by atoms with van der Waals surface area (Å²) in [5.41, 5.74) is -0.0764. The molecule has 1 aromatic rings. The number of benzene rings is 1. The molecule has 0 spiro atoms. The van der Waals surface area contributed by atoms with Gasteiger partial charge < -0.3 is 0 Å². The summed E-state index contributed by atoms with van der Waals surface area (Å²) in [6, 6.07) is 6.38. The highest BCUT2D eigenvalue weighted by Crippen LogP contribution is 2.12. The van der Waals surface area contributed by atoms with E-state index in [9.17, 15) is 4.39 Å². The van der Waals surface area contributed by atoms with E-state index in [1.54, 1.807) is 6.07 Å². The molecule has 49 valence electrons. The molecule has 0 saturated heterocycles. The summed E-state index contributed by atoms with van der Waals surface area (Å²) in [4.78, 5) is 0. The zero-order valence-corrected chi connectivity index (χ0v) is 5.61. The van der Waals surface area contributed by atoms with Crippen molar-refractivity contribution in [2.75, 3.05) is 0 Å². The first-order valence-corrected chi connectivity index (χ1v) is 2.88. The topological polar surface area (TPSA) is 23.8 Å². The summed E-state index contributed by atoms with van der Waals surface area (Å²) in [6.07, 6.45) is 0. The van der Waals surface area contributed by atoms with E-state index in [0.717, 1.165) is 0 Å². The fraction of sp³-hybridized carbons (Fsp3) is 0. The predicted molar refractivity (Wildman–Crippen MR) is 35.0 cm³/mol. The Bertz CT molecular complexity index is 290. The minimum atomic E-state index is -0.660. The van der Waals surface area contributed by atoms with Crippen LogP contribution in [0.3, 0.4) is 0 Å². The van der Waals surface area contributed by atoms with Gasteiger partial charge in [0, 0.05) is 11.1 Å². The van der Waals surface area contributed by atoms with Gasteiger partial charge >= 0.3 is 0 Å². The van der Waals surface area contributed by atoms with Gasteiger partial charge in [0.1, 0.15) is 11.9 Å². The van der Waals surface area contributed by atoms with E-state index in [-0.39, 0.29) is 5.56 Å². The fourth-order valence-corrected chi connectivity index (χ4v) is 0.698. The van der Waals surface area contributed by atoms with Crippen LogP contribution in [0.2, 0.25) is 5.02 Å². The second-order valence-corrected chi connectivity index (χ2v) is 2.09. The quantitative estimate of drug-likeness (QED) is 0.562. The minimum absolute atomic E-state index is 0.0764. The average Bonchev–Trinajstić information content (AvgIpc) is 1.94. The third-order valence-electron chi connectivity index (χ3n) is 0.976. The summed E-state index contributed by atoms with van der Waals surface area (Å²) < 4.78 is 12.4. The first kappa shape index (κ1) is 7.04. The van der Waals surface area contributed by atoms with Crippen molar-refractivity contribution in [3.63, 3.8) is 0 Å². The highest BCUT2D eigenvalue weighted by atomic mass is 35.5. The molecule has 0 aliphatic rings. The Morgan fingerprint density at radius 2 is 2.40 bits per heavy atom. The standard InChI is InChI=1S/C7H2ClFN/c8-6-1-2-7(9)5(3-6)4-10/h1,3H. The Morgan fingerprint density at radius 3 is 2.90 bits per heavy atom. The molecule has 0 aliphatic heterocycles. The molecule has 1 radical (unpaired) electrons. The van der Waals surface area contributed by atoms with Crippen LogP contribution in [-0.2, 0) is 0 Å². The molecular formula is C7H2ClFN. The molecule has 3 heteroatoms. The maximum atomic E-state index is 12.4. The minimum Gasteiger partial charge on any atom is -0.205 e. The monoisotopic (exact) mass is 154 g/mol. The normalized spacial score (nSPS) is 8.90. The molecule has 0 bridgehead atoms. The van der Waals surface area contributed by atoms with E-state index in [1.165, 1.54) is 12.1 Å². The molecule has 1 nitrogen and oxygen atoms in total. The van der Waals surface area contributed by atoms with Gasteiger partial charge in [0.25, 0.3) is 0 Å². The van der Waals surface area contributed by atoms with Crippen molar-refractivity contribution in [2.24, 2.45) is 0 Å². The predicted octanol–water partition coefficient (Wildman–Crippen LogP) is 2.15. The van der Waals surface area contributed by atoms with E-state index < -0.39 is 5.82 Å². The Balaban J connectivity index is 3.25. The molecule has 0 aliphatic carbocycles. The van der Waals surface area contributed by atoms with Crippen LogP contribution in [0.1, 0.15) is 5.56 Å². The third-order valence-corrected chi connectivity index (χ3v) is 1.19. The van der Waals surface area contributed by atoms with Crippen molar-refractivity contribution in [1.29, 1.82) is 5.26 Å². The van der Waals surface area contributed by atoms with Gasteiger partial charge in [0.2, 0.25) is 0 Å². The number of hydrogen-bond donors (Lipinski definition) is 0. The Hall–Kier alpha value is -1.07. The molecule has 0 aromatic heterocycles. The number of nitrogens with zero attached hydrogens (tertiary/aromatic N) is 1. The van der Waals surface area contributed by atoms with E-state index >= 15 is 0 Å². The van der Waals surface area contributed by atoms with Gasteiger partial charge in [0.15, 0.2) is 0 Å². The van der Waals surface area contributed by atoms with Crippen molar-refractivity contribution in [2.45, 2.75) is 0 Å². The smallest absolute Gasteiger partial charge is 0.148 e. The average molecular weight is 155 g/mol. The molecule has 1 aromatic carbocycles. The van der Waals surface area contributed by atoms with Gasteiger partial charge in [-0.15, -0.1) is 0 Å².